The lowest BCUT2D eigenvalue weighted by Crippen LogP contribution is -2.00. The largest absolute Gasteiger partial charge is 0.422 e. The molecule has 0 atom stereocenters. The average Bonchev–Trinajstić information content (AvgIpc) is 3.15. The summed E-state index contributed by atoms with van der Waals surface area (Å²) < 4.78 is 11.2. The molecule has 3 aromatic carbocycles. The number of nitrogens with zero attached hydrogens (tertiary/aromatic N) is 1. The minimum Gasteiger partial charge on any atom is -0.422 e. The van der Waals surface area contributed by atoms with Crippen LogP contribution in [0, 0.1) is 6.92 Å². The van der Waals surface area contributed by atoms with Crippen LogP contribution in [0.5, 0.6) is 0 Å². The Morgan fingerprint density at radius 3 is 2.22 bits per heavy atom. The number of hydrogen-bond acceptors (Lipinski definition) is 4. The van der Waals surface area contributed by atoms with Crippen LogP contribution in [0.25, 0.3) is 44.3 Å². The molecule has 0 N–H and O–H groups in total. The predicted molar refractivity (Wildman–Crippen MR) is 106 cm³/mol. The highest BCUT2D eigenvalue weighted by atomic mass is 16.5. The third-order valence-electron chi connectivity index (χ3n) is 4.80. The first-order valence-electron chi connectivity index (χ1n) is 8.70. The Bertz CT molecular complexity index is 1330. The van der Waals surface area contributed by atoms with E-state index in [1.165, 1.54) is 0 Å². The Morgan fingerprint density at radius 2 is 1.52 bits per heavy atom. The average molecular weight is 353 g/mol. The van der Waals surface area contributed by atoms with E-state index in [9.17, 15) is 4.79 Å². The van der Waals surface area contributed by atoms with E-state index >= 15 is 0 Å². The number of fused-ring (bicyclic) bond motifs is 3. The zero-order valence-electron chi connectivity index (χ0n) is 14.6. The molecule has 2 aromatic heterocycles. The van der Waals surface area contributed by atoms with E-state index in [1.807, 2.05) is 67.6 Å². The van der Waals surface area contributed by atoms with Gasteiger partial charge in [-0.25, -0.2) is 4.79 Å². The standard InChI is InChI=1S/C23H15NO3/c1-14-12-19-18(13-17(14)15-8-4-2-5-9-15)22-20(23(25)26-19)21(24-27-22)16-10-6-3-7-11-16/h2-13H,1H3. The lowest BCUT2D eigenvalue weighted by Gasteiger charge is -2.08. The van der Waals surface area contributed by atoms with Gasteiger partial charge in [0.05, 0.1) is 5.39 Å². The molecule has 0 saturated heterocycles. The summed E-state index contributed by atoms with van der Waals surface area (Å²) in [5.74, 6) is 0. The van der Waals surface area contributed by atoms with Gasteiger partial charge in [0.25, 0.3) is 0 Å². The summed E-state index contributed by atoms with van der Waals surface area (Å²) in [6.45, 7) is 2.00. The van der Waals surface area contributed by atoms with Crippen molar-refractivity contribution in [3.8, 4) is 22.4 Å². The Morgan fingerprint density at radius 1 is 0.852 bits per heavy atom. The van der Waals surface area contributed by atoms with Gasteiger partial charge in [0, 0.05) is 5.56 Å². The van der Waals surface area contributed by atoms with Crippen LogP contribution < -0.4 is 5.63 Å². The first-order valence-corrected chi connectivity index (χ1v) is 8.70. The fourth-order valence-electron chi connectivity index (χ4n) is 3.48. The minimum absolute atomic E-state index is 0.372. The Kier molecular flexibility index (Phi) is 3.44. The molecular weight excluding hydrogens is 338 g/mol. The van der Waals surface area contributed by atoms with Gasteiger partial charge in [0.15, 0.2) is 5.58 Å². The molecule has 0 fully saturated rings. The highest BCUT2D eigenvalue weighted by Crippen LogP contribution is 2.34. The molecule has 0 radical (unpaired) electrons. The topological polar surface area (TPSA) is 56.2 Å². The zero-order chi connectivity index (χ0) is 18.4. The van der Waals surface area contributed by atoms with Crippen molar-refractivity contribution in [1.29, 1.82) is 0 Å². The van der Waals surface area contributed by atoms with Crippen molar-refractivity contribution >= 4 is 21.9 Å². The third kappa shape index (κ3) is 2.46. The van der Waals surface area contributed by atoms with Gasteiger partial charge >= 0.3 is 5.63 Å². The minimum atomic E-state index is -0.440. The molecule has 0 bridgehead atoms. The second-order valence-corrected chi connectivity index (χ2v) is 6.52. The van der Waals surface area contributed by atoms with Gasteiger partial charge in [-0.15, -0.1) is 0 Å². The molecule has 2 heterocycles. The van der Waals surface area contributed by atoms with Gasteiger partial charge in [-0.05, 0) is 35.7 Å². The highest BCUT2D eigenvalue weighted by molar-refractivity contribution is 6.06. The molecule has 0 unspecified atom stereocenters. The van der Waals surface area contributed by atoms with Crippen molar-refractivity contribution < 1.29 is 8.94 Å². The van der Waals surface area contributed by atoms with Gasteiger partial charge in [-0.3, -0.25) is 0 Å². The van der Waals surface area contributed by atoms with E-state index in [2.05, 4.69) is 17.3 Å². The molecule has 4 nitrogen and oxygen atoms in total. The molecule has 0 aliphatic carbocycles. The molecule has 5 rings (SSSR count). The Balaban J connectivity index is 1.85. The maximum absolute atomic E-state index is 12.6. The SMILES string of the molecule is Cc1cc2oc(=O)c3c(-c4ccccc4)noc3c2cc1-c1ccccc1. The van der Waals surface area contributed by atoms with Gasteiger partial charge in [0.2, 0.25) is 0 Å². The number of aromatic nitrogens is 1. The summed E-state index contributed by atoms with van der Waals surface area (Å²) in [6, 6.07) is 23.5. The molecule has 27 heavy (non-hydrogen) atoms. The third-order valence-corrected chi connectivity index (χ3v) is 4.80. The molecule has 130 valence electrons. The lowest BCUT2D eigenvalue weighted by molar-refractivity contribution is 0.460. The predicted octanol–water partition coefficient (Wildman–Crippen LogP) is 5.58. The van der Waals surface area contributed by atoms with Crippen LogP contribution in [0.3, 0.4) is 0 Å². The lowest BCUT2D eigenvalue weighted by atomic mass is 9.98. The molecular formula is C23H15NO3. The summed E-state index contributed by atoms with van der Waals surface area (Å²) in [7, 11) is 0. The van der Waals surface area contributed by atoms with E-state index in [1.54, 1.807) is 0 Å². The quantitative estimate of drug-likeness (QED) is 0.389. The van der Waals surface area contributed by atoms with E-state index in [-0.39, 0.29) is 0 Å². The van der Waals surface area contributed by atoms with Gasteiger partial charge in [-0.1, -0.05) is 65.8 Å². The van der Waals surface area contributed by atoms with Crippen LogP contribution in [0.1, 0.15) is 5.56 Å². The second kappa shape index (κ2) is 5.95. The fraction of sp³-hybridized carbons (Fsp3) is 0.0435. The summed E-state index contributed by atoms with van der Waals surface area (Å²) >= 11 is 0. The van der Waals surface area contributed by atoms with Crippen LogP contribution in [0.2, 0.25) is 0 Å². The van der Waals surface area contributed by atoms with Crippen molar-refractivity contribution in [3.63, 3.8) is 0 Å². The molecule has 0 saturated carbocycles. The summed E-state index contributed by atoms with van der Waals surface area (Å²) in [5.41, 5.74) is 5.03. The molecule has 0 aliphatic rings. The van der Waals surface area contributed by atoms with Gasteiger partial charge in [0.1, 0.15) is 16.7 Å². The van der Waals surface area contributed by atoms with Crippen LogP contribution in [0.15, 0.2) is 86.5 Å². The summed E-state index contributed by atoms with van der Waals surface area (Å²) in [6.07, 6.45) is 0. The maximum atomic E-state index is 12.6. The summed E-state index contributed by atoms with van der Waals surface area (Å²) in [4.78, 5) is 12.6. The van der Waals surface area contributed by atoms with E-state index in [0.29, 0.717) is 22.2 Å². The highest BCUT2D eigenvalue weighted by Gasteiger charge is 2.19. The van der Waals surface area contributed by atoms with Crippen molar-refractivity contribution in [3.05, 3.63) is 88.8 Å². The van der Waals surface area contributed by atoms with Crippen LogP contribution >= 0.6 is 0 Å². The Hall–Kier alpha value is -3.66. The Labute approximate surface area is 154 Å². The molecule has 5 aromatic rings. The molecule has 0 amide bonds. The van der Waals surface area contributed by atoms with Crippen LogP contribution in [0.4, 0.5) is 0 Å². The fourth-order valence-corrected chi connectivity index (χ4v) is 3.48. The van der Waals surface area contributed by atoms with E-state index in [4.69, 9.17) is 8.94 Å². The van der Waals surface area contributed by atoms with Crippen molar-refractivity contribution in [2.45, 2.75) is 6.92 Å². The number of rotatable bonds is 2. The van der Waals surface area contributed by atoms with Crippen LogP contribution in [-0.4, -0.2) is 5.16 Å². The molecule has 0 aliphatic heterocycles. The normalized spacial score (nSPS) is 11.3. The van der Waals surface area contributed by atoms with Gasteiger partial charge in [-0.2, -0.15) is 0 Å². The number of aryl methyl sites for hydroxylation is 1. The number of hydrogen-bond donors (Lipinski definition) is 0. The smallest absolute Gasteiger partial charge is 0.349 e. The first kappa shape index (κ1) is 15.6. The van der Waals surface area contributed by atoms with Crippen molar-refractivity contribution in [2.24, 2.45) is 0 Å². The van der Waals surface area contributed by atoms with E-state index < -0.39 is 5.63 Å². The van der Waals surface area contributed by atoms with Crippen molar-refractivity contribution in [2.75, 3.05) is 0 Å². The van der Waals surface area contributed by atoms with E-state index in [0.717, 1.165) is 27.6 Å². The monoisotopic (exact) mass is 353 g/mol. The van der Waals surface area contributed by atoms with Gasteiger partial charge < -0.3 is 8.94 Å². The van der Waals surface area contributed by atoms with Crippen LogP contribution in [-0.2, 0) is 0 Å². The molecule has 4 heteroatoms. The maximum Gasteiger partial charge on any atom is 0.349 e. The summed E-state index contributed by atoms with van der Waals surface area (Å²) in [5, 5.41) is 5.28. The van der Waals surface area contributed by atoms with Crippen molar-refractivity contribution in [1.82, 2.24) is 5.16 Å². The molecule has 0 spiro atoms. The second-order valence-electron chi connectivity index (χ2n) is 6.52. The number of benzene rings is 3. The first-order chi connectivity index (χ1) is 13.2. The zero-order valence-corrected chi connectivity index (χ0v) is 14.6.